The van der Waals surface area contributed by atoms with Gasteiger partial charge >= 0.3 is 5.97 Å². The van der Waals surface area contributed by atoms with Crippen LogP contribution in [-0.4, -0.2) is 55.3 Å². The zero-order valence-electron chi connectivity index (χ0n) is 18.2. The van der Waals surface area contributed by atoms with E-state index in [-0.39, 0.29) is 17.4 Å². The number of methoxy groups -OCH3 is 2. The van der Waals surface area contributed by atoms with Crippen molar-refractivity contribution in [3.63, 3.8) is 0 Å². The summed E-state index contributed by atoms with van der Waals surface area (Å²) in [6, 6.07) is 12.3. The van der Waals surface area contributed by atoms with E-state index in [9.17, 15) is 19.2 Å². The SMILES string of the molecule is COC(=O)CN1C(=O)SC(=Cc2ccc(OCC(=O)Nc3ccc(C)cc3)c(OC)c2)C1=O. The lowest BCUT2D eigenvalue weighted by molar-refractivity contribution is -0.143. The molecule has 10 heteroatoms. The Kier molecular flexibility index (Phi) is 7.73. The zero-order valence-corrected chi connectivity index (χ0v) is 19.1. The maximum Gasteiger partial charge on any atom is 0.325 e. The van der Waals surface area contributed by atoms with Crippen LogP contribution in [-0.2, 0) is 19.1 Å². The fourth-order valence-electron chi connectivity index (χ4n) is 2.85. The number of hydrogen-bond acceptors (Lipinski definition) is 8. The van der Waals surface area contributed by atoms with Crippen LogP contribution < -0.4 is 14.8 Å². The van der Waals surface area contributed by atoms with E-state index in [4.69, 9.17) is 9.47 Å². The number of nitrogens with one attached hydrogen (secondary N) is 1. The van der Waals surface area contributed by atoms with Crippen molar-refractivity contribution in [2.75, 3.05) is 32.7 Å². The standard InChI is InChI=1S/C23H22N2O7S/c1-14-4-7-16(8-5-14)24-20(26)13-32-17-9-6-15(10-18(17)30-2)11-19-22(28)25(23(29)33-19)12-21(27)31-3/h4-11H,12-13H2,1-3H3,(H,24,26). The Morgan fingerprint density at radius 3 is 2.45 bits per heavy atom. The lowest BCUT2D eigenvalue weighted by Gasteiger charge is -2.12. The van der Waals surface area contributed by atoms with Gasteiger partial charge in [0.05, 0.1) is 19.1 Å². The van der Waals surface area contributed by atoms with Gasteiger partial charge in [0.15, 0.2) is 18.1 Å². The molecule has 1 N–H and O–H groups in total. The summed E-state index contributed by atoms with van der Waals surface area (Å²) in [4.78, 5) is 49.1. The molecule has 0 aliphatic carbocycles. The molecular weight excluding hydrogens is 448 g/mol. The number of benzene rings is 2. The molecule has 0 bridgehead atoms. The van der Waals surface area contributed by atoms with Gasteiger partial charge in [-0.3, -0.25) is 24.1 Å². The summed E-state index contributed by atoms with van der Waals surface area (Å²) in [5, 5.41) is 2.19. The van der Waals surface area contributed by atoms with Crippen LogP contribution in [0.5, 0.6) is 11.5 Å². The number of carbonyl (C=O) groups excluding carboxylic acids is 4. The van der Waals surface area contributed by atoms with Crippen LogP contribution in [0.25, 0.3) is 6.08 Å². The van der Waals surface area contributed by atoms with Crippen molar-refractivity contribution in [1.29, 1.82) is 0 Å². The summed E-state index contributed by atoms with van der Waals surface area (Å²) >= 11 is 0.728. The molecule has 2 aromatic rings. The van der Waals surface area contributed by atoms with Crippen molar-refractivity contribution in [3.8, 4) is 11.5 Å². The van der Waals surface area contributed by atoms with Gasteiger partial charge in [0.2, 0.25) is 0 Å². The summed E-state index contributed by atoms with van der Waals surface area (Å²) in [6.07, 6.45) is 1.51. The minimum absolute atomic E-state index is 0.164. The summed E-state index contributed by atoms with van der Waals surface area (Å²) in [5.41, 5.74) is 2.33. The number of thioether (sulfide) groups is 1. The molecule has 1 aliphatic rings. The van der Waals surface area contributed by atoms with Crippen molar-refractivity contribution < 1.29 is 33.4 Å². The lowest BCUT2D eigenvalue weighted by atomic mass is 10.2. The average Bonchev–Trinajstić information content (AvgIpc) is 3.06. The first-order chi connectivity index (χ1) is 15.8. The van der Waals surface area contributed by atoms with Gasteiger partial charge in [-0.25, -0.2) is 0 Å². The average molecular weight is 471 g/mol. The van der Waals surface area contributed by atoms with Crippen molar-refractivity contribution in [2.45, 2.75) is 6.92 Å². The van der Waals surface area contributed by atoms with Crippen LogP contribution in [0.4, 0.5) is 10.5 Å². The molecule has 0 spiro atoms. The largest absolute Gasteiger partial charge is 0.493 e. The molecule has 0 unspecified atom stereocenters. The van der Waals surface area contributed by atoms with Gasteiger partial charge in [0, 0.05) is 5.69 Å². The third kappa shape index (κ3) is 6.13. The number of carbonyl (C=O) groups is 4. The number of hydrogen-bond donors (Lipinski definition) is 1. The van der Waals surface area contributed by atoms with E-state index in [0.29, 0.717) is 22.7 Å². The fraction of sp³-hybridized carbons (Fsp3) is 0.217. The Morgan fingerprint density at radius 2 is 1.79 bits per heavy atom. The molecule has 9 nitrogen and oxygen atoms in total. The lowest BCUT2D eigenvalue weighted by Crippen LogP contribution is -2.34. The van der Waals surface area contributed by atoms with Crippen molar-refractivity contribution in [3.05, 3.63) is 58.5 Å². The van der Waals surface area contributed by atoms with Crippen molar-refractivity contribution in [1.82, 2.24) is 4.90 Å². The number of ether oxygens (including phenoxy) is 3. The Labute approximate surface area is 194 Å². The van der Waals surface area contributed by atoms with Gasteiger partial charge < -0.3 is 19.5 Å². The molecule has 1 heterocycles. The van der Waals surface area contributed by atoms with E-state index in [1.165, 1.54) is 20.3 Å². The number of rotatable bonds is 8. The van der Waals surface area contributed by atoms with Crippen LogP contribution >= 0.6 is 11.8 Å². The predicted molar refractivity (Wildman–Crippen MR) is 123 cm³/mol. The van der Waals surface area contributed by atoms with E-state index in [2.05, 4.69) is 10.1 Å². The van der Waals surface area contributed by atoms with E-state index in [1.54, 1.807) is 30.3 Å². The van der Waals surface area contributed by atoms with Gasteiger partial charge in [0.1, 0.15) is 6.54 Å². The molecule has 3 amide bonds. The molecule has 33 heavy (non-hydrogen) atoms. The van der Waals surface area contributed by atoms with Crippen LogP contribution in [0.1, 0.15) is 11.1 Å². The second-order valence-electron chi connectivity index (χ2n) is 6.96. The molecule has 2 aromatic carbocycles. The Balaban J connectivity index is 1.66. The highest BCUT2D eigenvalue weighted by atomic mass is 32.2. The molecule has 0 aromatic heterocycles. The fourth-order valence-corrected chi connectivity index (χ4v) is 3.69. The number of anilines is 1. The second kappa shape index (κ2) is 10.7. The van der Waals surface area contributed by atoms with Crippen LogP contribution in [0.15, 0.2) is 47.4 Å². The predicted octanol–water partition coefficient (Wildman–Crippen LogP) is 3.23. The van der Waals surface area contributed by atoms with E-state index < -0.39 is 23.7 Å². The topological polar surface area (TPSA) is 111 Å². The van der Waals surface area contributed by atoms with Crippen LogP contribution in [0.3, 0.4) is 0 Å². The Hall–Kier alpha value is -3.79. The van der Waals surface area contributed by atoms with Gasteiger partial charge in [-0.1, -0.05) is 23.8 Å². The molecule has 0 atom stereocenters. The second-order valence-corrected chi connectivity index (χ2v) is 7.95. The first-order valence-corrected chi connectivity index (χ1v) is 10.6. The highest BCUT2D eigenvalue weighted by Gasteiger charge is 2.36. The van der Waals surface area contributed by atoms with Gasteiger partial charge in [-0.2, -0.15) is 0 Å². The van der Waals surface area contributed by atoms with Gasteiger partial charge in [0.25, 0.3) is 17.1 Å². The number of nitrogens with zero attached hydrogens (tertiary/aromatic N) is 1. The van der Waals surface area contributed by atoms with E-state index in [1.807, 2.05) is 19.1 Å². The summed E-state index contributed by atoms with van der Waals surface area (Å²) in [6.45, 7) is 1.29. The quantitative estimate of drug-likeness (QED) is 0.462. The monoisotopic (exact) mass is 470 g/mol. The minimum Gasteiger partial charge on any atom is -0.493 e. The van der Waals surface area contributed by atoms with Crippen LogP contribution in [0, 0.1) is 6.92 Å². The van der Waals surface area contributed by atoms with E-state index >= 15 is 0 Å². The third-order valence-corrected chi connectivity index (χ3v) is 5.48. The zero-order chi connectivity index (χ0) is 24.0. The van der Waals surface area contributed by atoms with Crippen LogP contribution in [0.2, 0.25) is 0 Å². The molecule has 1 aliphatic heterocycles. The third-order valence-electron chi connectivity index (χ3n) is 4.57. The maximum atomic E-state index is 12.4. The Bertz CT molecular complexity index is 1110. The smallest absolute Gasteiger partial charge is 0.325 e. The number of imide groups is 1. The summed E-state index contributed by atoms with van der Waals surface area (Å²) < 4.78 is 15.4. The summed E-state index contributed by atoms with van der Waals surface area (Å²) in [7, 11) is 2.63. The van der Waals surface area contributed by atoms with Crippen molar-refractivity contribution in [2.24, 2.45) is 0 Å². The van der Waals surface area contributed by atoms with E-state index in [0.717, 1.165) is 22.2 Å². The highest BCUT2D eigenvalue weighted by Crippen LogP contribution is 2.34. The molecule has 1 saturated heterocycles. The summed E-state index contributed by atoms with van der Waals surface area (Å²) in [5.74, 6) is -0.909. The molecule has 0 saturated carbocycles. The highest BCUT2D eigenvalue weighted by molar-refractivity contribution is 8.18. The Morgan fingerprint density at radius 1 is 1.06 bits per heavy atom. The molecule has 0 radical (unpaired) electrons. The number of esters is 1. The number of aryl methyl sites for hydroxylation is 1. The van der Waals surface area contributed by atoms with Gasteiger partial charge in [-0.15, -0.1) is 0 Å². The normalized spacial score (nSPS) is 14.4. The number of amides is 3. The molecule has 172 valence electrons. The maximum absolute atomic E-state index is 12.4. The first kappa shape index (κ1) is 23.9. The first-order valence-electron chi connectivity index (χ1n) is 9.80. The molecule has 3 rings (SSSR count). The van der Waals surface area contributed by atoms with Gasteiger partial charge in [-0.05, 0) is 54.6 Å². The molecule has 1 fully saturated rings. The van der Waals surface area contributed by atoms with Crippen molar-refractivity contribution >= 4 is 46.5 Å². The minimum atomic E-state index is -0.687. The molecular formula is C23H22N2O7S.